The topological polar surface area (TPSA) is 69.4 Å². The molecule has 0 fully saturated rings. The number of hydrogen-bond acceptors (Lipinski definition) is 3. The highest BCUT2D eigenvalue weighted by atomic mass is 32.2. The van der Waals surface area contributed by atoms with Crippen LogP contribution in [0.5, 0.6) is 5.75 Å². The highest BCUT2D eigenvalue weighted by Crippen LogP contribution is 2.13. The Balaban J connectivity index is 2.93. The molecule has 5 heteroatoms. The van der Waals surface area contributed by atoms with Crippen LogP contribution >= 0.6 is 0 Å². The van der Waals surface area contributed by atoms with Crippen molar-refractivity contribution in [3.63, 3.8) is 0 Å². The van der Waals surface area contributed by atoms with Crippen molar-refractivity contribution in [3.05, 3.63) is 35.2 Å². The molecule has 2 N–H and O–H groups in total. The van der Waals surface area contributed by atoms with E-state index in [-0.39, 0.29) is 0 Å². The van der Waals surface area contributed by atoms with Crippen molar-refractivity contribution in [2.45, 2.75) is 0 Å². The molecule has 0 aliphatic carbocycles. The Kier molecular flexibility index (Phi) is 3.27. The first kappa shape index (κ1) is 10.7. The third-order valence-corrected chi connectivity index (χ3v) is 2.06. The predicted molar refractivity (Wildman–Crippen MR) is 55.1 cm³/mol. The van der Waals surface area contributed by atoms with Gasteiger partial charge in [-0.05, 0) is 23.8 Å². The molecule has 0 aliphatic heterocycles. The molecule has 14 heavy (non-hydrogen) atoms. The van der Waals surface area contributed by atoms with Crippen LogP contribution in [0.1, 0.15) is 5.56 Å². The zero-order valence-corrected chi connectivity index (χ0v) is 8.49. The van der Waals surface area contributed by atoms with Gasteiger partial charge in [0, 0.05) is 5.41 Å². The Morgan fingerprint density at radius 1 is 1.43 bits per heavy atom. The lowest BCUT2D eigenvalue weighted by molar-refractivity contribution is 0.414. The lowest BCUT2D eigenvalue weighted by Crippen LogP contribution is -2.06. The standard InChI is InChI=1S/C9H11NO3S/c1-13-9-4-2-3-8(7-9)5-6-14(10,11)12/h2-7H,1H3,(H2,10,11,12). The number of rotatable bonds is 3. The molecule has 0 aliphatic rings. The largest absolute Gasteiger partial charge is 0.497 e. The predicted octanol–water partition coefficient (Wildman–Crippen LogP) is 0.954. The van der Waals surface area contributed by atoms with Gasteiger partial charge in [0.1, 0.15) is 5.75 Å². The number of sulfonamides is 1. The van der Waals surface area contributed by atoms with Crippen molar-refractivity contribution in [2.24, 2.45) is 5.14 Å². The maximum atomic E-state index is 10.6. The SMILES string of the molecule is COc1cccc(C=CS(N)(=O)=O)c1. The fourth-order valence-corrected chi connectivity index (χ4v) is 1.27. The number of primary sulfonamides is 1. The molecule has 0 amide bonds. The van der Waals surface area contributed by atoms with Crippen LogP contribution in [-0.2, 0) is 10.0 Å². The molecule has 1 aromatic carbocycles. The zero-order valence-electron chi connectivity index (χ0n) is 7.67. The van der Waals surface area contributed by atoms with Crippen molar-refractivity contribution < 1.29 is 13.2 Å². The summed E-state index contributed by atoms with van der Waals surface area (Å²) in [5.41, 5.74) is 0.721. The van der Waals surface area contributed by atoms with Crippen molar-refractivity contribution >= 4 is 16.1 Å². The van der Waals surface area contributed by atoms with Crippen LogP contribution in [0, 0.1) is 0 Å². The number of hydrogen-bond donors (Lipinski definition) is 1. The Morgan fingerprint density at radius 2 is 2.14 bits per heavy atom. The Hall–Kier alpha value is -1.33. The summed E-state index contributed by atoms with van der Waals surface area (Å²) in [5, 5.41) is 5.75. The van der Waals surface area contributed by atoms with E-state index in [1.165, 1.54) is 6.08 Å². The summed E-state index contributed by atoms with van der Waals surface area (Å²) in [7, 11) is -2.02. The van der Waals surface area contributed by atoms with Crippen LogP contribution in [0.3, 0.4) is 0 Å². The average molecular weight is 213 g/mol. The molecule has 1 rings (SSSR count). The molecule has 0 saturated carbocycles. The number of nitrogens with two attached hydrogens (primary N) is 1. The summed E-state index contributed by atoms with van der Waals surface area (Å²) in [6.07, 6.45) is 1.41. The minimum absolute atomic E-state index is 0.668. The molecule has 4 nitrogen and oxygen atoms in total. The first-order chi connectivity index (χ1) is 6.51. The van der Waals surface area contributed by atoms with Crippen LogP contribution in [0.25, 0.3) is 6.08 Å². The van der Waals surface area contributed by atoms with Gasteiger partial charge in [0.25, 0.3) is 0 Å². The second-order valence-electron chi connectivity index (χ2n) is 2.67. The van der Waals surface area contributed by atoms with Gasteiger partial charge in [-0.25, -0.2) is 13.6 Å². The van der Waals surface area contributed by atoms with Gasteiger partial charge in [0.15, 0.2) is 0 Å². The maximum absolute atomic E-state index is 10.6. The van der Waals surface area contributed by atoms with Crippen molar-refractivity contribution in [1.82, 2.24) is 0 Å². The summed E-state index contributed by atoms with van der Waals surface area (Å²) < 4.78 is 26.2. The Bertz CT molecular complexity index is 437. The first-order valence-electron chi connectivity index (χ1n) is 3.86. The molecule has 0 unspecified atom stereocenters. The molecule has 1 aromatic rings. The molecule has 76 valence electrons. The van der Waals surface area contributed by atoms with Crippen molar-refractivity contribution in [3.8, 4) is 5.75 Å². The Morgan fingerprint density at radius 3 is 2.71 bits per heavy atom. The molecule has 0 bridgehead atoms. The van der Waals surface area contributed by atoms with Crippen LogP contribution in [0.2, 0.25) is 0 Å². The molecule has 0 atom stereocenters. The summed E-state index contributed by atoms with van der Waals surface area (Å²) in [6.45, 7) is 0. The van der Waals surface area contributed by atoms with Crippen molar-refractivity contribution in [2.75, 3.05) is 7.11 Å². The fraction of sp³-hybridized carbons (Fsp3) is 0.111. The van der Waals surface area contributed by atoms with Gasteiger partial charge >= 0.3 is 0 Å². The first-order valence-corrected chi connectivity index (χ1v) is 5.47. The monoisotopic (exact) mass is 213 g/mol. The lowest BCUT2D eigenvalue weighted by Gasteiger charge is -1.99. The number of ether oxygens (including phenoxy) is 1. The summed E-state index contributed by atoms with van der Waals surface area (Å²) in [6, 6.07) is 7.00. The summed E-state index contributed by atoms with van der Waals surface area (Å²) >= 11 is 0. The van der Waals surface area contributed by atoms with Gasteiger partial charge < -0.3 is 4.74 Å². The van der Waals surface area contributed by atoms with Crippen molar-refractivity contribution in [1.29, 1.82) is 0 Å². The van der Waals surface area contributed by atoms with E-state index in [0.29, 0.717) is 5.75 Å². The molecule has 0 saturated heterocycles. The highest BCUT2D eigenvalue weighted by Gasteiger charge is 1.95. The molecular weight excluding hydrogens is 202 g/mol. The van der Waals surface area contributed by atoms with Gasteiger partial charge in [-0.2, -0.15) is 0 Å². The molecule has 0 aromatic heterocycles. The maximum Gasteiger partial charge on any atom is 0.231 e. The van der Waals surface area contributed by atoms with E-state index < -0.39 is 10.0 Å². The number of methoxy groups -OCH3 is 1. The smallest absolute Gasteiger partial charge is 0.231 e. The van der Waals surface area contributed by atoms with Gasteiger partial charge in [-0.1, -0.05) is 12.1 Å². The minimum Gasteiger partial charge on any atom is -0.497 e. The van der Waals surface area contributed by atoms with Crippen LogP contribution in [0.15, 0.2) is 29.7 Å². The summed E-state index contributed by atoms with van der Waals surface area (Å²) in [5.74, 6) is 0.668. The third-order valence-electron chi connectivity index (χ3n) is 1.54. The average Bonchev–Trinajstić information content (AvgIpc) is 2.14. The van der Waals surface area contributed by atoms with Gasteiger partial charge in [-0.3, -0.25) is 0 Å². The van der Waals surface area contributed by atoms with Crippen LogP contribution in [0.4, 0.5) is 0 Å². The molecule has 0 spiro atoms. The van der Waals surface area contributed by atoms with E-state index in [1.807, 2.05) is 0 Å². The van der Waals surface area contributed by atoms with E-state index in [9.17, 15) is 8.42 Å². The van der Waals surface area contributed by atoms with E-state index in [1.54, 1.807) is 31.4 Å². The second kappa shape index (κ2) is 4.26. The van der Waals surface area contributed by atoms with E-state index >= 15 is 0 Å². The minimum atomic E-state index is -3.56. The third kappa shape index (κ3) is 3.59. The fourth-order valence-electron chi connectivity index (χ4n) is 0.919. The lowest BCUT2D eigenvalue weighted by atomic mass is 10.2. The van der Waals surface area contributed by atoms with E-state index in [2.05, 4.69) is 0 Å². The van der Waals surface area contributed by atoms with Crippen LogP contribution in [-0.4, -0.2) is 15.5 Å². The molecular formula is C9H11NO3S. The van der Waals surface area contributed by atoms with Gasteiger partial charge in [0.05, 0.1) is 7.11 Å². The molecule has 0 radical (unpaired) electrons. The second-order valence-corrected chi connectivity index (χ2v) is 4.12. The summed E-state index contributed by atoms with van der Waals surface area (Å²) in [4.78, 5) is 0. The van der Waals surface area contributed by atoms with Gasteiger partial charge in [0.2, 0.25) is 10.0 Å². The zero-order chi connectivity index (χ0) is 10.6. The van der Waals surface area contributed by atoms with Crippen LogP contribution < -0.4 is 9.88 Å². The van der Waals surface area contributed by atoms with E-state index in [0.717, 1.165) is 11.0 Å². The quantitative estimate of drug-likeness (QED) is 0.812. The van der Waals surface area contributed by atoms with E-state index in [4.69, 9.17) is 9.88 Å². The number of benzene rings is 1. The molecule has 0 heterocycles. The van der Waals surface area contributed by atoms with Gasteiger partial charge in [-0.15, -0.1) is 0 Å². The Labute approximate surface area is 83.1 Å². The normalized spacial score (nSPS) is 11.9. The highest BCUT2D eigenvalue weighted by molar-refractivity contribution is 7.92.